The molecule has 6 nitrogen and oxygen atoms in total. The quantitative estimate of drug-likeness (QED) is 0.282. The molecule has 0 unspecified atom stereocenters. The third-order valence-corrected chi connectivity index (χ3v) is 6.48. The number of hydrogen-bond acceptors (Lipinski definition) is 4. The zero-order valence-corrected chi connectivity index (χ0v) is 20.7. The zero-order valence-electron chi connectivity index (χ0n) is 20.7. The van der Waals surface area contributed by atoms with Crippen LogP contribution in [0.5, 0.6) is 11.5 Å². The second-order valence-corrected chi connectivity index (χ2v) is 8.89. The van der Waals surface area contributed by atoms with E-state index in [2.05, 4.69) is 59.3 Å². The van der Waals surface area contributed by atoms with E-state index in [0.29, 0.717) is 0 Å². The molecule has 4 heterocycles. The van der Waals surface area contributed by atoms with Gasteiger partial charge in [0.1, 0.15) is 45.6 Å². The van der Waals surface area contributed by atoms with Crippen molar-refractivity contribution in [2.24, 2.45) is 0 Å². The Morgan fingerprint density at radius 1 is 0.556 bits per heavy atom. The van der Waals surface area contributed by atoms with Gasteiger partial charge in [-0.15, -0.1) is 0 Å². The fraction of sp³-hybridized carbons (Fsp3) is 0.133. The van der Waals surface area contributed by atoms with Gasteiger partial charge in [0.15, 0.2) is 0 Å². The number of ether oxygens (including phenoxy) is 2. The number of pyridine rings is 2. The zero-order chi connectivity index (χ0) is 24.8. The fourth-order valence-corrected chi connectivity index (χ4v) is 4.81. The number of methoxy groups -OCH3 is 2. The molecule has 0 fully saturated rings. The molecule has 0 bridgehead atoms. The van der Waals surface area contributed by atoms with Gasteiger partial charge in [-0.3, -0.25) is 8.80 Å². The third-order valence-electron chi connectivity index (χ3n) is 6.48. The molecule has 0 saturated heterocycles. The lowest BCUT2D eigenvalue weighted by atomic mass is 10.0. The van der Waals surface area contributed by atoms with Gasteiger partial charge in [-0.05, 0) is 61.4 Å². The number of benzene rings is 2. The molecule has 0 aliphatic heterocycles. The molecule has 2 aromatic carbocycles. The molecule has 0 radical (unpaired) electrons. The van der Waals surface area contributed by atoms with Crippen LogP contribution in [0, 0.1) is 13.8 Å². The SMILES string of the molecule is COc1ccccc1-c1nc2ccc(C)cn2c1-c1c(-c2ccccc2OC)nc2ccc(C)cn12. The number of fused-ring (bicyclic) bond motifs is 2. The molecular weight excluding hydrogens is 448 g/mol. The van der Waals surface area contributed by atoms with E-state index < -0.39 is 0 Å². The van der Waals surface area contributed by atoms with Crippen LogP contribution in [0.1, 0.15) is 11.1 Å². The van der Waals surface area contributed by atoms with Crippen LogP contribution in [0.4, 0.5) is 0 Å². The molecular formula is C30H26N4O2. The Hall–Kier alpha value is -4.58. The Kier molecular flexibility index (Phi) is 5.22. The Labute approximate surface area is 209 Å². The summed E-state index contributed by atoms with van der Waals surface area (Å²) in [5.41, 5.74) is 9.36. The first kappa shape index (κ1) is 21.9. The van der Waals surface area contributed by atoms with Crippen LogP contribution < -0.4 is 9.47 Å². The molecule has 0 amide bonds. The van der Waals surface area contributed by atoms with Crippen LogP contribution >= 0.6 is 0 Å². The lowest BCUT2D eigenvalue weighted by Crippen LogP contribution is -1.98. The minimum Gasteiger partial charge on any atom is -0.496 e. The van der Waals surface area contributed by atoms with Crippen molar-refractivity contribution < 1.29 is 9.47 Å². The van der Waals surface area contributed by atoms with Crippen molar-refractivity contribution in [2.75, 3.05) is 14.2 Å². The predicted molar refractivity (Wildman–Crippen MR) is 143 cm³/mol. The summed E-state index contributed by atoms with van der Waals surface area (Å²) in [7, 11) is 3.38. The number of para-hydroxylation sites is 2. The fourth-order valence-electron chi connectivity index (χ4n) is 4.81. The summed E-state index contributed by atoms with van der Waals surface area (Å²) in [6.07, 6.45) is 4.25. The topological polar surface area (TPSA) is 53.1 Å². The van der Waals surface area contributed by atoms with E-state index in [1.807, 2.05) is 48.5 Å². The van der Waals surface area contributed by atoms with Gasteiger partial charge in [-0.2, -0.15) is 0 Å². The van der Waals surface area contributed by atoms with Gasteiger partial charge < -0.3 is 9.47 Å². The second kappa shape index (κ2) is 8.57. The molecule has 0 N–H and O–H groups in total. The highest BCUT2D eigenvalue weighted by molar-refractivity contribution is 5.91. The van der Waals surface area contributed by atoms with E-state index in [1.54, 1.807) is 14.2 Å². The van der Waals surface area contributed by atoms with Crippen molar-refractivity contribution in [3.05, 3.63) is 96.3 Å². The Morgan fingerprint density at radius 2 is 0.972 bits per heavy atom. The smallest absolute Gasteiger partial charge is 0.138 e. The van der Waals surface area contributed by atoms with E-state index in [-0.39, 0.29) is 0 Å². The first-order chi connectivity index (χ1) is 17.6. The molecule has 6 heteroatoms. The molecule has 0 saturated carbocycles. The van der Waals surface area contributed by atoms with Crippen LogP contribution in [-0.4, -0.2) is 33.0 Å². The van der Waals surface area contributed by atoms with Crippen LogP contribution in [0.15, 0.2) is 85.2 Å². The van der Waals surface area contributed by atoms with Crippen LogP contribution in [-0.2, 0) is 0 Å². The molecule has 4 aromatic heterocycles. The van der Waals surface area contributed by atoms with E-state index in [9.17, 15) is 0 Å². The van der Waals surface area contributed by atoms with Crippen LogP contribution in [0.2, 0.25) is 0 Å². The molecule has 0 spiro atoms. The number of aromatic nitrogens is 4. The van der Waals surface area contributed by atoms with E-state index in [0.717, 1.165) is 67.8 Å². The average Bonchev–Trinajstić information content (AvgIpc) is 3.45. The van der Waals surface area contributed by atoms with Crippen molar-refractivity contribution in [1.29, 1.82) is 0 Å². The van der Waals surface area contributed by atoms with Gasteiger partial charge in [0.2, 0.25) is 0 Å². The molecule has 0 aliphatic carbocycles. The number of rotatable bonds is 5. The standard InChI is InChI=1S/C30H26N4O2/c1-19-13-15-25-31-27(21-9-5-7-11-23(21)35-3)29(33(25)17-19)30-28(22-10-6-8-12-24(22)36-4)32-26-16-14-20(2)18-34(26)30/h5-18H,1-4H3. The number of imidazole rings is 2. The highest BCUT2D eigenvalue weighted by atomic mass is 16.5. The molecule has 6 rings (SSSR count). The molecule has 0 atom stereocenters. The Bertz CT molecular complexity index is 1620. The average molecular weight is 475 g/mol. The maximum Gasteiger partial charge on any atom is 0.138 e. The summed E-state index contributed by atoms with van der Waals surface area (Å²) in [6, 6.07) is 24.3. The Balaban J connectivity index is 1.80. The highest BCUT2D eigenvalue weighted by Crippen LogP contribution is 2.43. The van der Waals surface area contributed by atoms with Gasteiger partial charge in [-0.25, -0.2) is 9.97 Å². The second-order valence-electron chi connectivity index (χ2n) is 8.89. The van der Waals surface area contributed by atoms with Gasteiger partial charge in [0, 0.05) is 23.5 Å². The molecule has 178 valence electrons. The maximum absolute atomic E-state index is 5.76. The summed E-state index contributed by atoms with van der Waals surface area (Å²) >= 11 is 0. The largest absolute Gasteiger partial charge is 0.496 e. The molecule has 0 aliphatic rings. The van der Waals surface area contributed by atoms with Crippen LogP contribution in [0.25, 0.3) is 45.2 Å². The minimum atomic E-state index is 0.766. The third kappa shape index (κ3) is 3.41. The number of aryl methyl sites for hydroxylation is 2. The van der Waals surface area contributed by atoms with E-state index >= 15 is 0 Å². The normalized spacial score (nSPS) is 11.3. The van der Waals surface area contributed by atoms with Crippen molar-refractivity contribution in [3.8, 4) is 45.4 Å². The van der Waals surface area contributed by atoms with Gasteiger partial charge in [-0.1, -0.05) is 36.4 Å². The first-order valence-corrected chi connectivity index (χ1v) is 11.8. The van der Waals surface area contributed by atoms with Crippen molar-refractivity contribution >= 4 is 11.3 Å². The monoisotopic (exact) mass is 474 g/mol. The number of hydrogen-bond donors (Lipinski definition) is 0. The summed E-state index contributed by atoms with van der Waals surface area (Å²) in [5, 5.41) is 0. The predicted octanol–water partition coefficient (Wildman–Crippen LogP) is 6.62. The van der Waals surface area contributed by atoms with Crippen molar-refractivity contribution in [1.82, 2.24) is 18.8 Å². The van der Waals surface area contributed by atoms with Gasteiger partial charge in [0.25, 0.3) is 0 Å². The van der Waals surface area contributed by atoms with Crippen molar-refractivity contribution in [2.45, 2.75) is 13.8 Å². The van der Waals surface area contributed by atoms with E-state index in [1.165, 1.54) is 0 Å². The summed E-state index contributed by atoms with van der Waals surface area (Å²) in [4.78, 5) is 10.2. The lowest BCUT2D eigenvalue weighted by molar-refractivity contribution is 0.416. The lowest BCUT2D eigenvalue weighted by Gasteiger charge is -2.13. The highest BCUT2D eigenvalue weighted by Gasteiger charge is 2.26. The van der Waals surface area contributed by atoms with Crippen molar-refractivity contribution in [3.63, 3.8) is 0 Å². The summed E-state index contributed by atoms with van der Waals surface area (Å²) < 4.78 is 15.8. The summed E-state index contributed by atoms with van der Waals surface area (Å²) in [5.74, 6) is 1.53. The van der Waals surface area contributed by atoms with Gasteiger partial charge >= 0.3 is 0 Å². The van der Waals surface area contributed by atoms with E-state index in [4.69, 9.17) is 19.4 Å². The van der Waals surface area contributed by atoms with Gasteiger partial charge in [0.05, 0.1) is 14.2 Å². The molecule has 6 aromatic rings. The molecule has 36 heavy (non-hydrogen) atoms. The van der Waals surface area contributed by atoms with Crippen LogP contribution in [0.3, 0.4) is 0 Å². The minimum absolute atomic E-state index is 0.766. The summed E-state index contributed by atoms with van der Waals surface area (Å²) in [6.45, 7) is 4.18. The first-order valence-electron chi connectivity index (χ1n) is 11.8. The maximum atomic E-state index is 5.76. The Morgan fingerprint density at radius 3 is 1.39 bits per heavy atom. The number of nitrogens with zero attached hydrogens (tertiary/aromatic N) is 4.